The molecule has 1 heterocycles. The average Bonchev–Trinajstić information content (AvgIpc) is 2.26. The number of rotatable bonds is 3. The molecular formula is C11H12O2S. The van der Waals surface area contributed by atoms with E-state index in [1.807, 2.05) is 23.9 Å². The van der Waals surface area contributed by atoms with Crippen molar-refractivity contribution in [3.05, 3.63) is 23.8 Å². The van der Waals surface area contributed by atoms with E-state index in [0.717, 1.165) is 30.8 Å². The fourth-order valence-electron chi connectivity index (χ4n) is 1.55. The molecule has 0 atom stereocenters. The third kappa shape index (κ3) is 1.93. The van der Waals surface area contributed by atoms with Crippen LogP contribution in [0, 0.1) is 0 Å². The summed E-state index contributed by atoms with van der Waals surface area (Å²) >= 11 is 1.82. The minimum Gasteiger partial charge on any atom is -0.492 e. The molecule has 1 aliphatic heterocycles. The molecular weight excluding hydrogens is 196 g/mol. The van der Waals surface area contributed by atoms with Crippen molar-refractivity contribution in [2.45, 2.75) is 17.7 Å². The fraction of sp³-hybridized carbons (Fsp3) is 0.364. The van der Waals surface area contributed by atoms with Gasteiger partial charge in [0.25, 0.3) is 0 Å². The van der Waals surface area contributed by atoms with E-state index >= 15 is 0 Å². The van der Waals surface area contributed by atoms with Crippen LogP contribution in [0.3, 0.4) is 0 Å². The number of ether oxygens (including phenoxy) is 1. The summed E-state index contributed by atoms with van der Waals surface area (Å²) in [4.78, 5) is 11.5. The maximum atomic E-state index is 10.3. The van der Waals surface area contributed by atoms with Crippen LogP contribution in [-0.4, -0.2) is 18.6 Å². The predicted octanol–water partition coefficient (Wildman–Crippen LogP) is 2.30. The predicted molar refractivity (Wildman–Crippen MR) is 57.0 cm³/mol. The lowest BCUT2D eigenvalue weighted by Crippen LogP contribution is -2.08. The van der Waals surface area contributed by atoms with Crippen molar-refractivity contribution in [1.29, 1.82) is 0 Å². The Balaban J connectivity index is 2.25. The molecule has 2 rings (SSSR count). The number of hydrogen-bond acceptors (Lipinski definition) is 3. The zero-order valence-corrected chi connectivity index (χ0v) is 8.68. The van der Waals surface area contributed by atoms with Gasteiger partial charge in [-0.2, -0.15) is 0 Å². The molecule has 2 nitrogen and oxygen atoms in total. The summed E-state index contributed by atoms with van der Waals surface area (Å²) in [5.41, 5.74) is 1.24. The SMILES string of the molecule is O=CCCc1cccc2c1SCCO2. The van der Waals surface area contributed by atoms with Gasteiger partial charge in [-0.05, 0) is 18.1 Å². The fourth-order valence-corrected chi connectivity index (χ4v) is 2.54. The second-order valence-corrected chi connectivity index (χ2v) is 4.25. The summed E-state index contributed by atoms with van der Waals surface area (Å²) in [7, 11) is 0. The largest absolute Gasteiger partial charge is 0.492 e. The van der Waals surface area contributed by atoms with E-state index in [1.54, 1.807) is 0 Å². The van der Waals surface area contributed by atoms with Crippen LogP contribution in [0.2, 0.25) is 0 Å². The minimum atomic E-state index is 0.594. The first-order valence-corrected chi connectivity index (χ1v) is 5.71. The summed E-state index contributed by atoms with van der Waals surface area (Å²) < 4.78 is 5.53. The summed E-state index contributed by atoms with van der Waals surface area (Å²) in [6, 6.07) is 6.06. The van der Waals surface area contributed by atoms with Crippen LogP contribution in [-0.2, 0) is 11.2 Å². The highest BCUT2D eigenvalue weighted by atomic mass is 32.2. The first-order valence-electron chi connectivity index (χ1n) is 4.73. The van der Waals surface area contributed by atoms with E-state index in [4.69, 9.17) is 4.74 Å². The van der Waals surface area contributed by atoms with Gasteiger partial charge in [-0.15, -0.1) is 11.8 Å². The molecule has 1 aromatic rings. The molecule has 3 heteroatoms. The number of benzene rings is 1. The van der Waals surface area contributed by atoms with Gasteiger partial charge in [-0.25, -0.2) is 0 Å². The van der Waals surface area contributed by atoms with Gasteiger partial charge in [0, 0.05) is 12.2 Å². The Morgan fingerprint density at radius 3 is 3.29 bits per heavy atom. The van der Waals surface area contributed by atoms with Crippen LogP contribution in [0.4, 0.5) is 0 Å². The molecule has 0 aliphatic carbocycles. The van der Waals surface area contributed by atoms with E-state index < -0.39 is 0 Å². The summed E-state index contributed by atoms with van der Waals surface area (Å²) in [6.45, 7) is 0.787. The van der Waals surface area contributed by atoms with Crippen LogP contribution in [0.15, 0.2) is 23.1 Å². The molecule has 0 spiro atoms. The molecule has 0 N–H and O–H groups in total. The Kier molecular flexibility index (Phi) is 3.09. The average molecular weight is 208 g/mol. The van der Waals surface area contributed by atoms with Crippen LogP contribution in [0.25, 0.3) is 0 Å². The topological polar surface area (TPSA) is 26.3 Å². The standard InChI is InChI=1S/C11H12O2S/c12-6-2-4-9-3-1-5-10-11(9)14-8-7-13-10/h1,3,5-6H,2,4,7-8H2. The Morgan fingerprint density at radius 1 is 1.50 bits per heavy atom. The lowest BCUT2D eigenvalue weighted by Gasteiger charge is -2.19. The molecule has 1 aromatic carbocycles. The van der Waals surface area contributed by atoms with Gasteiger partial charge in [0.2, 0.25) is 0 Å². The Hall–Kier alpha value is -0.960. The van der Waals surface area contributed by atoms with E-state index in [0.29, 0.717) is 6.42 Å². The maximum absolute atomic E-state index is 10.3. The van der Waals surface area contributed by atoms with Crippen molar-refractivity contribution in [3.8, 4) is 5.75 Å². The highest BCUT2D eigenvalue weighted by molar-refractivity contribution is 7.99. The lowest BCUT2D eigenvalue weighted by molar-refractivity contribution is -0.107. The van der Waals surface area contributed by atoms with Crippen molar-refractivity contribution >= 4 is 18.0 Å². The molecule has 0 saturated heterocycles. The Bertz CT molecular complexity index is 336. The number of fused-ring (bicyclic) bond motifs is 1. The quantitative estimate of drug-likeness (QED) is 0.713. The monoisotopic (exact) mass is 208 g/mol. The van der Waals surface area contributed by atoms with Gasteiger partial charge in [0.15, 0.2) is 0 Å². The molecule has 0 radical (unpaired) electrons. The molecule has 0 bridgehead atoms. The normalized spacial score (nSPS) is 14.3. The number of carbonyl (C=O) groups is 1. The molecule has 1 aliphatic rings. The molecule has 0 amide bonds. The highest BCUT2D eigenvalue weighted by Gasteiger charge is 2.13. The van der Waals surface area contributed by atoms with E-state index in [9.17, 15) is 4.79 Å². The summed E-state index contributed by atoms with van der Waals surface area (Å²) in [6.07, 6.45) is 2.38. The molecule has 0 saturated carbocycles. The zero-order chi connectivity index (χ0) is 9.80. The third-order valence-corrected chi connectivity index (χ3v) is 3.30. The van der Waals surface area contributed by atoms with Crippen LogP contribution >= 0.6 is 11.8 Å². The summed E-state index contributed by atoms with van der Waals surface area (Å²) in [5, 5.41) is 0. The number of carbonyl (C=O) groups excluding carboxylic acids is 1. The van der Waals surface area contributed by atoms with Gasteiger partial charge in [0.05, 0.1) is 11.5 Å². The maximum Gasteiger partial charge on any atom is 0.133 e. The molecule has 14 heavy (non-hydrogen) atoms. The second-order valence-electron chi connectivity index (χ2n) is 3.15. The van der Waals surface area contributed by atoms with Crippen molar-refractivity contribution in [3.63, 3.8) is 0 Å². The Labute approximate surface area is 87.6 Å². The second kappa shape index (κ2) is 4.51. The number of aryl methyl sites for hydroxylation is 1. The number of aldehydes is 1. The van der Waals surface area contributed by atoms with E-state index in [-0.39, 0.29) is 0 Å². The first-order chi connectivity index (χ1) is 6.92. The van der Waals surface area contributed by atoms with Crippen LogP contribution in [0.1, 0.15) is 12.0 Å². The Morgan fingerprint density at radius 2 is 2.43 bits per heavy atom. The third-order valence-electron chi connectivity index (χ3n) is 2.18. The van der Waals surface area contributed by atoms with Crippen LogP contribution in [0.5, 0.6) is 5.75 Å². The zero-order valence-electron chi connectivity index (χ0n) is 7.86. The van der Waals surface area contributed by atoms with Crippen molar-refractivity contribution in [2.75, 3.05) is 12.4 Å². The smallest absolute Gasteiger partial charge is 0.133 e. The number of thioether (sulfide) groups is 1. The molecule has 0 aromatic heterocycles. The highest BCUT2D eigenvalue weighted by Crippen LogP contribution is 2.36. The van der Waals surface area contributed by atoms with Gasteiger partial charge in [-0.3, -0.25) is 0 Å². The van der Waals surface area contributed by atoms with Crippen LogP contribution < -0.4 is 4.74 Å². The van der Waals surface area contributed by atoms with Crippen molar-refractivity contribution in [1.82, 2.24) is 0 Å². The van der Waals surface area contributed by atoms with E-state index in [2.05, 4.69) is 6.07 Å². The first kappa shape index (κ1) is 9.59. The van der Waals surface area contributed by atoms with Gasteiger partial charge in [-0.1, -0.05) is 12.1 Å². The van der Waals surface area contributed by atoms with Crippen molar-refractivity contribution < 1.29 is 9.53 Å². The minimum absolute atomic E-state index is 0.594. The lowest BCUT2D eigenvalue weighted by atomic mass is 10.1. The van der Waals surface area contributed by atoms with Gasteiger partial charge in [0.1, 0.15) is 12.0 Å². The van der Waals surface area contributed by atoms with Gasteiger partial charge < -0.3 is 9.53 Å². The van der Waals surface area contributed by atoms with E-state index in [1.165, 1.54) is 10.5 Å². The van der Waals surface area contributed by atoms with Gasteiger partial charge >= 0.3 is 0 Å². The summed E-state index contributed by atoms with van der Waals surface area (Å²) in [5.74, 6) is 1.98. The molecule has 0 unspecified atom stereocenters. The van der Waals surface area contributed by atoms with Crippen molar-refractivity contribution in [2.24, 2.45) is 0 Å². The number of hydrogen-bond donors (Lipinski definition) is 0. The molecule has 0 fully saturated rings. The molecule has 74 valence electrons.